The Hall–Kier alpha value is -2.30. The molecule has 2 aliphatic carbocycles. The number of likely N-dealkylation sites (N-methyl/N-ethyl adjacent to an activating group) is 4. The van der Waals surface area contributed by atoms with E-state index in [0.717, 1.165) is 103 Å². The molecule has 0 bridgehead atoms. The molecule has 8 radical (unpaired) electrons. The second-order valence-electron chi connectivity index (χ2n) is 25.7. The van der Waals surface area contributed by atoms with Gasteiger partial charge in [0.2, 0.25) is 63.7 Å². The van der Waals surface area contributed by atoms with Gasteiger partial charge in [0.15, 0.2) is 16.0 Å². The Bertz CT molecular complexity index is 2520. The van der Waals surface area contributed by atoms with Crippen molar-refractivity contribution < 1.29 is 52.8 Å². The first-order chi connectivity index (χ1) is 38.9. The van der Waals surface area contributed by atoms with Crippen LogP contribution in [-0.2, 0) is 59.3 Å². The van der Waals surface area contributed by atoms with Crippen molar-refractivity contribution in [2.45, 2.75) is 205 Å². The van der Waals surface area contributed by atoms with E-state index in [4.69, 9.17) is 31.7 Å². The van der Waals surface area contributed by atoms with Crippen molar-refractivity contribution in [1.82, 2.24) is 46.4 Å². The van der Waals surface area contributed by atoms with Gasteiger partial charge in [0, 0.05) is 89.4 Å². The second kappa shape index (κ2) is 29.6. The van der Waals surface area contributed by atoms with Crippen molar-refractivity contribution in [2.75, 3.05) is 104 Å². The van der Waals surface area contributed by atoms with E-state index in [0.29, 0.717) is 39.0 Å². The molecule has 4 unspecified atom stereocenters. The number of amides is 4. The van der Waals surface area contributed by atoms with E-state index in [2.05, 4.69) is 0 Å². The minimum atomic E-state index is -3.39. The van der Waals surface area contributed by atoms with Gasteiger partial charge in [-0.15, -0.1) is 0 Å². The fraction of sp³-hybridized carbons (Fsp3) is 0.926. The standard InChI is InChI=1S/C15H27BN2O3S.C14H26BN3O3S.C13H23BN2O3S.C12H22BN3O3S/c1-5-22(20,21)17(4)13-14(19)18(10-15(13,2)3)12-8-6-11(16)7-9-12;1-5-22(20,21)16(4)12-13(19)18(10-14(12,2)3)11-6-8-17(15)9-7-11;1-3-20(18,19)15(2)12-8-9-16(13(12)17)11-6-4-10(14)5-7-11;1-3-20(18,19)14(2)11-6-9-16(12(11)17)10-4-7-15(13)8-5-10/h11-13H,5-10H2,1-4H3;11-12H,5-10H2,1-4H3;10-12H,3-9H2,1-2H3;10-11H,3-9H2,1-2H3. The third-order valence-electron chi connectivity index (χ3n) is 19.2. The van der Waals surface area contributed by atoms with Crippen LogP contribution in [0.25, 0.3) is 0 Å². The fourth-order valence-electron chi connectivity index (χ4n) is 13.6. The van der Waals surface area contributed by atoms with Gasteiger partial charge < -0.3 is 29.2 Å². The molecule has 472 valence electrons. The Labute approximate surface area is 511 Å². The Kier molecular flexibility index (Phi) is 25.5. The number of carbonyl (C=O) groups excluding carboxylic acids is 4. The molecule has 4 atom stereocenters. The molecule has 4 amide bonds. The van der Waals surface area contributed by atoms with E-state index in [-0.39, 0.29) is 87.9 Å². The fourth-order valence-corrected chi connectivity index (χ4v) is 17.8. The maximum Gasteiger partial charge on any atom is 0.241 e. The molecule has 2 saturated carbocycles. The van der Waals surface area contributed by atoms with Crippen molar-refractivity contribution in [3.63, 3.8) is 0 Å². The van der Waals surface area contributed by atoms with E-state index in [9.17, 15) is 52.8 Å². The van der Waals surface area contributed by atoms with E-state index in [1.165, 1.54) is 45.4 Å². The molecule has 30 heteroatoms. The van der Waals surface area contributed by atoms with Crippen molar-refractivity contribution in [2.24, 2.45) is 10.8 Å². The minimum Gasteiger partial charge on any atom is -0.353 e. The third-order valence-corrected chi connectivity index (χ3v) is 26.5. The molecule has 6 saturated heterocycles. The predicted octanol–water partition coefficient (Wildman–Crippen LogP) is 1.64. The van der Waals surface area contributed by atoms with Gasteiger partial charge in [-0.2, -0.15) is 17.2 Å². The smallest absolute Gasteiger partial charge is 0.241 e. The summed E-state index contributed by atoms with van der Waals surface area (Å²) in [4.78, 5) is 61.8. The molecular weight excluding hydrogens is 1150 g/mol. The zero-order valence-electron chi connectivity index (χ0n) is 52.5. The molecule has 6 heterocycles. The topological polar surface area (TPSA) is 237 Å². The van der Waals surface area contributed by atoms with E-state index >= 15 is 0 Å². The van der Waals surface area contributed by atoms with Crippen molar-refractivity contribution in [3.05, 3.63) is 0 Å². The molecule has 8 fully saturated rings. The number of sulfonamides is 4. The number of nitrogens with zero attached hydrogens (tertiary/aromatic N) is 10. The summed E-state index contributed by atoms with van der Waals surface area (Å²) >= 11 is 0. The van der Waals surface area contributed by atoms with E-state index in [1.54, 1.807) is 37.3 Å². The zero-order valence-corrected chi connectivity index (χ0v) is 55.7. The number of hydrogen-bond donors (Lipinski definition) is 0. The Morgan fingerprint density at radius 3 is 0.917 bits per heavy atom. The Morgan fingerprint density at radius 2 is 0.631 bits per heavy atom. The lowest BCUT2D eigenvalue weighted by atomic mass is 9.74. The van der Waals surface area contributed by atoms with E-state index in [1.807, 2.05) is 47.3 Å². The summed E-state index contributed by atoms with van der Waals surface area (Å²) in [6.07, 6.45) is 12.0. The number of rotatable bonds is 16. The summed E-state index contributed by atoms with van der Waals surface area (Å²) in [6.45, 7) is 19.9. The van der Waals surface area contributed by atoms with Gasteiger partial charge in [0.25, 0.3) is 0 Å². The van der Waals surface area contributed by atoms with Crippen LogP contribution < -0.4 is 0 Å². The molecule has 0 aromatic rings. The van der Waals surface area contributed by atoms with Crippen LogP contribution in [0.3, 0.4) is 0 Å². The molecular formula is C54H98B4N10O12S4. The largest absolute Gasteiger partial charge is 0.353 e. The Balaban J connectivity index is 0.000000205. The van der Waals surface area contributed by atoms with Crippen LogP contribution in [0.15, 0.2) is 0 Å². The van der Waals surface area contributed by atoms with Crippen LogP contribution >= 0.6 is 0 Å². The predicted molar refractivity (Wildman–Crippen MR) is 332 cm³/mol. The van der Waals surface area contributed by atoms with Crippen LogP contribution in [-0.4, -0.2) is 287 Å². The highest BCUT2D eigenvalue weighted by Crippen LogP contribution is 2.41. The van der Waals surface area contributed by atoms with E-state index < -0.39 is 69.7 Å². The van der Waals surface area contributed by atoms with Gasteiger partial charge in [-0.1, -0.05) is 65.0 Å². The SMILES string of the molecule is [B]C1CCC(N2CC(C)(C)C(N(C)S(=O)(=O)CC)C2=O)CC1.[B]C1CCC(N2CCC(N(C)S(=O)(=O)CC)C2=O)CC1.[B]N1CCC(N2CC(C)(C)C(N(C)S(=O)(=O)CC)C2=O)CC1.[B]N1CCC(N2CCC(N(C)S(=O)(=O)CC)C2=O)CC1. The lowest BCUT2D eigenvalue weighted by Gasteiger charge is -2.36. The maximum atomic E-state index is 12.9. The molecule has 8 rings (SSSR count). The van der Waals surface area contributed by atoms with Crippen molar-refractivity contribution in [1.29, 1.82) is 0 Å². The summed E-state index contributed by atoms with van der Waals surface area (Å²) < 4.78 is 101. The molecule has 8 aliphatic rings. The summed E-state index contributed by atoms with van der Waals surface area (Å²) in [7, 11) is 16.0. The minimum absolute atomic E-state index is 0.00885. The highest BCUT2D eigenvalue weighted by molar-refractivity contribution is 7.89. The van der Waals surface area contributed by atoms with Crippen LogP contribution in [0.1, 0.15) is 145 Å². The number of hydrogen-bond acceptors (Lipinski definition) is 14. The zero-order chi connectivity index (χ0) is 63.2. The molecule has 0 N–H and O–H groups in total. The van der Waals surface area contributed by atoms with Gasteiger partial charge in [-0.3, -0.25) is 19.2 Å². The highest BCUT2D eigenvalue weighted by atomic mass is 32.2. The van der Waals surface area contributed by atoms with Crippen LogP contribution in [0, 0.1) is 10.8 Å². The highest BCUT2D eigenvalue weighted by Gasteiger charge is 2.54. The number of piperidine rings is 2. The number of carbonyl (C=O) groups is 4. The lowest BCUT2D eigenvalue weighted by molar-refractivity contribution is -0.134. The van der Waals surface area contributed by atoms with Crippen molar-refractivity contribution >= 4 is 95.4 Å². The van der Waals surface area contributed by atoms with Crippen LogP contribution in [0.2, 0.25) is 11.6 Å². The van der Waals surface area contributed by atoms with Gasteiger partial charge in [0.05, 0.1) is 38.7 Å². The third kappa shape index (κ3) is 17.1. The molecule has 0 spiro atoms. The first kappa shape index (κ1) is 72.4. The first-order valence-corrected chi connectivity index (χ1v) is 36.9. The Morgan fingerprint density at radius 1 is 0.381 bits per heavy atom. The van der Waals surface area contributed by atoms with Gasteiger partial charge in [-0.25, -0.2) is 33.7 Å². The quantitative estimate of drug-likeness (QED) is 0.200. The average Bonchev–Trinajstić information content (AvgIpc) is 4.35. The van der Waals surface area contributed by atoms with Crippen LogP contribution in [0.5, 0.6) is 0 Å². The molecule has 0 aromatic heterocycles. The summed E-state index contributed by atoms with van der Waals surface area (Å²) in [5, 5.41) is 0. The summed E-state index contributed by atoms with van der Waals surface area (Å²) in [5.41, 5.74) is -0.776. The molecule has 22 nitrogen and oxygen atoms in total. The molecule has 0 aromatic carbocycles. The monoisotopic (exact) mass is 1250 g/mol. The summed E-state index contributed by atoms with van der Waals surface area (Å²) in [5.74, 6) is 0.361. The van der Waals surface area contributed by atoms with Gasteiger partial charge >= 0.3 is 0 Å². The van der Waals surface area contributed by atoms with Gasteiger partial charge in [0.1, 0.15) is 24.2 Å². The van der Waals surface area contributed by atoms with Crippen molar-refractivity contribution in [3.8, 4) is 0 Å². The molecule has 84 heavy (non-hydrogen) atoms. The maximum absolute atomic E-state index is 12.9. The molecule has 6 aliphatic heterocycles. The normalized spacial score (nSPS) is 29.8. The second-order valence-corrected chi connectivity index (χ2v) is 35.0. The lowest BCUT2D eigenvalue weighted by Crippen LogP contribution is -2.50. The van der Waals surface area contributed by atoms with Crippen LogP contribution in [0.4, 0.5) is 0 Å². The average molecular weight is 1250 g/mol. The summed E-state index contributed by atoms with van der Waals surface area (Å²) in [6, 6.07) is -1.47. The first-order valence-electron chi connectivity index (χ1n) is 30.5. The van der Waals surface area contributed by atoms with Gasteiger partial charge in [-0.05, 0) is 118 Å². The number of likely N-dealkylation sites (tertiary alicyclic amines) is 4.